The number of carbonyl (C=O) groups is 1. The number of aromatic nitrogens is 3. The fourth-order valence-corrected chi connectivity index (χ4v) is 4.22. The fraction of sp³-hybridized carbons (Fsp3) is 0.318. The number of benzene rings is 1. The number of carbonyl (C=O) groups excluding carboxylic acids is 1. The van der Waals surface area contributed by atoms with Crippen LogP contribution in [0.15, 0.2) is 30.6 Å². The average molecular weight is 518 g/mol. The van der Waals surface area contributed by atoms with Crippen LogP contribution < -0.4 is 5.73 Å². The minimum atomic E-state index is -4.73. The van der Waals surface area contributed by atoms with Crippen LogP contribution in [0.5, 0.6) is 0 Å². The molecule has 1 aromatic carbocycles. The van der Waals surface area contributed by atoms with E-state index in [0.29, 0.717) is 12.1 Å². The van der Waals surface area contributed by atoms with Gasteiger partial charge in [0.2, 0.25) is 11.7 Å². The topological polar surface area (TPSA) is 77.0 Å². The minimum Gasteiger partial charge on any atom is -0.335 e. The molecular weight excluding hydrogens is 500 g/mol. The normalized spacial score (nSPS) is 14.7. The van der Waals surface area contributed by atoms with Gasteiger partial charge in [0.25, 0.3) is 0 Å². The maximum atomic E-state index is 13.9. The van der Waals surface area contributed by atoms with Gasteiger partial charge in [-0.2, -0.15) is 13.2 Å². The number of rotatable bonds is 5. The average Bonchev–Trinajstić information content (AvgIpc) is 3.17. The third-order valence-corrected chi connectivity index (χ3v) is 5.95. The number of hydrogen-bond acceptors (Lipinski definition) is 4. The Bertz CT molecular complexity index is 1280. The molecule has 4 rings (SSSR count). The van der Waals surface area contributed by atoms with Crippen molar-refractivity contribution in [1.82, 2.24) is 19.4 Å². The SMILES string of the molecule is N[C@@H](CC(=O)N1CCn2c(C(F)(F)F)nc(-c3ccncc3Cl)c2C1)Cc1cc(F)c(F)cc1F. The molecule has 186 valence electrons. The molecule has 0 spiro atoms. The summed E-state index contributed by atoms with van der Waals surface area (Å²) < 4.78 is 82.3. The van der Waals surface area contributed by atoms with Crippen LogP contribution in [0.4, 0.5) is 26.3 Å². The first-order valence-electron chi connectivity index (χ1n) is 10.4. The van der Waals surface area contributed by atoms with Crippen molar-refractivity contribution in [3.8, 4) is 11.3 Å². The zero-order valence-electron chi connectivity index (χ0n) is 17.9. The lowest BCUT2D eigenvalue weighted by Gasteiger charge is -2.30. The summed E-state index contributed by atoms with van der Waals surface area (Å²) in [6.45, 7) is -0.401. The summed E-state index contributed by atoms with van der Waals surface area (Å²) in [5.74, 6) is -5.18. The number of nitrogens with two attached hydrogens (primary N) is 1. The van der Waals surface area contributed by atoms with E-state index in [9.17, 15) is 31.1 Å². The lowest BCUT2D eigenvalue weighted by atomic mass is 10.0. The highest BCUT2D eigenvalue weighted by Gasteiger charge is 2.41. The van der Waals surface area contributed by atoms with Gasteiger partial charge in [-0.15, -0.1) is 0 Å². The van der Waals surface area contributed by atoms with Crippen molar-refractivity contribution in [3.05, 3.63) is 70.1 Å². The highest BCUT2D eigenvalue weighted by molar-refractivity contribution is 6.33. The molecule has 0 unspecified atom stereocenters. The Balaban J connectivity index is 1.55. The first-order valence-corrected chi connectivity index (χ1v) is 10.8. The lowest BCUT2D eigenvalue weighted by Crippen LogP contribution is -2.42. The molecule has 2 aromatic heterocycles. The van der Waals surface area contributed by atoms with E-state index in [1.165, 1.54) is 23.4 Å². The molecule has 0 saturated heterocycles. The van der Waals surface area contributed by atoms with Crippen molar-refractivity contribution >= 4 is 17.5 Å². The van der Waals surface area contributed by atoms with Gasteiger partial charge in [0.05, 0.1) is 23.0 Å². The predicted octanol–water partition coefficient (Wildman–Crippen LogP) is 4.34. The zero-order valence-corrected chi connectivity index (χ0v) is 18.7. The van der Waals surface area contributed by atoms with Gasteiger partial charge in [-0.05, 0) is 24.1 Å². The summed E-state index contributed by atoms with van der Waals surface area (Å²) in [6, 6.07) is 1.57. The standard InChI is InChI=1S/C22H18ClF6N5O/c23-14-9-31-2-1-13(14)20-18-10-33(3-4-34(18)21(32-20)22(27,28)29)19(35)7-12(30)5-11-6-16(25)17(26)8-15(11)24/h1-2,6,8-9,12H,3-5,7,10,30H2/t12-/m1/s1. The van der Waals surface area contributed by atoms with E-state index >= 15 is 0 Å². The van der Waals surface area contributed by atoms with Crippen LogP contribution >= 0.6 is 11.6 Å². The first-order chi connectivity index (χ1) is 16.5. The second-order valence-corrected chi connectivity index (χ2v) is 8.48. The van der Waals surface area contributed by atoms with Crippen LogP contribution in [0.3, 0.4) is 0 Å². The Morgan fingerprint density at radius 1 is 1.14 bits per heavy atom. The molecule has 1 amide bonds. The smallest absolute Gasteiger partial charge is 0.335 e. The monoisotopic (exact) mass is 517 g/mol. The van der Waals surface area contributed by atoms with Crippen LogP contribution in [0.25, 0.3) is 11.3 Å². The molecule has 6 nitrogen and oxygen atoms in total. The van der Waals surface area contributed by atoms with E-state index in [1.54, 1.807) is 0 Å². The van der Waals surface area contributed by atoms with Gasteiger partial charge in [0.1, 0.15) is 5.82 Å². The largest absolute Gasteiger partial charge is 0.449 e. The molecule has 1 aliphatic heterocycles. The van der Waals surface area contributed by atoms with Gasteiger partial charge >= 0.3 is 6.18 Å². The van der Waals surface area contributed by atoms with Gasteiger partial charge in [-0.3, -0.25) is 9.78 Å². The van der Waals surface area contributed by atoms with E-state index in [2.05, 4.69) is 9.97 Å². The van der Waals surface area contributed by atoms with E-state index in [-0.39, 0.29) is 60.0 Å². The molecule has 35 heavy (non-hydrogen) atoms. The van der Waals surface area contributed by atoms with Crippen molar-refractivity contribution in [2.45, 2.75) is 38.1 Å². The molecule has 13 heteroatoms. The second kappa shape index (κ2) is 9.50. The van der Waals surface area contributed by atoms with E-state index in [4.69, 9.17) is 17.3 Å². The Morgan fingerprint density at radius 3 is 2.54 bits per heavy atom. The minimum absolute atomic E-state index is 0.0182. The molecule has 1 atom stereocenters. The summed E-state index contributed by atoms with van der Waals surface area (Å²) >= 11 is 6.13. The molecule has 0 aliphatic carbocycles. The van der Waals surface area contributed by atoms with Crippen molar-refractivity contribution in [2.75, 3.05) is 6.54 Å². The number of nitrogens with zero attached hydrogens (tertiary/aromatic N) is 4. The van der Waals surface area contributed by atoms with Crippen molar-refractivity contribution < 1.29 is 31.1 Å². The molecule has 0 saturated carbocycles. The summed E-state index contributed by atoms with van der Waals surface area (Å²) in [5.41, 5.74) is 6.12. The Morgan fingerprint density at radius 2 is 1.86 bits per heavy atom. The number of fused-ring (bicyclic) bond motifs is 1. The first kappa shape index (κ1) is 25.0. The number of hydrogen-bond donors (Lipinski definition) is 1. The molecule has 3 heterocycles. The predicted molar refractivity (Wildman–Crippen MR) is 113 cm³/mol. The number of imidazole rings is 1. The van der Waals surface area contributed by atoms with Gasteiger partial charge in [-0.1, -0.05) is 11.6 Å². The Kier molecular flexibility index (Phi) is 6.78. The maximum absolute atomic E-state index is 13.9. The summed E-state index contributed by atoms with van der Waals surface area (Å²) in [4.78, 5) is 21.8. The summed E-state index contributed by atoms with van der Waals surface area (Å²) in [6.07, 6.45) is -2.61. The molecule has 0 radical (unpaired) electrons. The van der Waals surface area contributed by atoms with Crippen molar-refractivity contribution in [1.29, 1.82) is 0 Å². The third-order valence-electron chi connectivity index (χ3n) is 5.65. The summed E-state index contributed by atoms with van der Waals surface area (Å²) in [7, 11) is 0. The van der Waals surface area contributed by atoms with Crippen LogP contribution in [0, 0.1) is 17.5 Å². The number of alkyl halides is 3. The lowest BCUT2D eigenvalue weighted by molar-refractivity contribution is -0.148. The van der Waals surface area contributed by atoms with Crippen LogP contribution in [0.1, 0.15) is 23.5 Å². The van der Waals surface area contributed by atoms with Crippen LogP contribution in [-0.4, -0.2) is 37.9 Å². The highest BCUT2D eigenvalue weighted by atomic mass is 35.5. The van der Waals surface area contributed by atoms with Crippen LogP contribution in [0.2, 0.25) is 5.02 Å². The quantitative estimate of drug-likeness (QED) is 0.403. The molecule has 1 aliphatic rings. The Labute approximate surface area is 200 Å². The van der Waals surface area contributed by atoms with E-state index < -0.39 is 41.4 Å². The second-order valence-electron chi connectivity index (χ2n) is 8.08. The maximum Gasteiger partial charge on any atom is 0.449 e. The van der Waals surface area contributed by atoms with Gasteiger partial charge in [-0.25, -0.2) is 18.2 Å². The number of amides is 1. The third kappa shape index (κ3) is 5.13. The number of pyridine rings is 1. The molecule has 2 N–H and O–H groups in total. The zero-order chi connectivity index (χ0) is 25.5. The van der Waals surface area contributed by atoms with Gasteiger partial charge < -0.3 is 15.2 Å². The Hall–Kier alpha value is -3.12. The van der Waals surface area contributed by atoms with E-state index in [0.717, 1.165) is 4.57 Å². The van der Waals surface area contributed by atoms with Crippen molar-refractivity contribution in [2.24, 2.45) is 5.73 Å². The van der Waals surface area contributed by atoms with Gasteiger partial charge in [0.15, 0.2) is 11.6 Å². The van der Waals surface area contributed by atoms with Crippen molar-refractivity contribution in [3.63, 3.8) is 0 Å². The number of halogens is 7. The summed E-state index contributed by atoms with van der Waals surface area (Å²) in [5, 5.41) is 0.0983. The fourth-order valence-electron chi connectivity index (χ4n) is 4.01. The van der Waals surface area contributed by atoms with E-state index in [1.807, 2.05) is 0 Å². The van der Waals surface area contributed by atoms with Gasteiger partial charge in [0, 0.05) is 49.6 Å². The molecule has 0 fully saturated rings. The molecular formula is C22H18ClF6N5O. The molecule has 3 aromatic rings. The highest BCUT2D eigenvalue weighted by Crippen LogP contribution is 2.37. The van der Waals surface area contributed by atoms with Crippen LogP contribution in [-0.2, 0) is 30.5 Å². The molecule has 0 bridgehead atoms.